The van der Waals surface area contributed by atoms with Gasteiger partial charge in [0.2, 0.25) is 10.0 Å². The van der Waals surface area contributed by atoms with Gasteiger partial charge in [-0.1, -0.05) is 0 Å². The molecule has 1 amide bonds. The largest absolute Gasteiger partial charge is 0.465 e. The molecule has 0 unspecified atom stereocenters. The van der Waals surface area contributed by atoms with E-state index in [1.165, 1.54) is 13.8 Å². The molecule has 0 bridgehead atoms. The van der Waals surface area contributed by atoms with Crippen LogP contribution in [-0.2, 0) is 10.0 Å². The first-order valence-electron chi connectivity index (χ1n) is 5.88. The summed E-state index contributed by atoms with van der Waals surface area (Å²) in [4.78, 5) is 9.90. The van der Waals surface area contributed by atoms with E-state index in [-0.39, 0.29) is 5.54 Å². The monoisotopic (exact) mass is 296 g/mol. The molecule has 7 nitrogen and oxygen atoms in total. The van der Waals surface area contributed by atoms with Crippen molar-refractivity contribution in [3.8, 4) is 0 Å². The van der Waals surface area contributed by atoms with Crippen LogP contribution < -0.4 is 10.5 Å². The minimum Gasteiger partial charge on any atom is -0.465 e. The summed E-state index contributed by atoms with van der Waals surface area (Å²) < 4.78 is 20.9. The van der Waals surface area contributed by atoms with Gasteiger partial charge in [-0.05, 0) is 47.5 Å². The maximum atomic E-state index is 11.0. The summed E-state index contributed by atoms with van der Waals surface area (Å²) in [5.41, 5.74) is -1.55. The molecule has 0 aromatic heterocycles. The van der Waals surface area contributed by atoms with E-state index in [0.29, 0.717) is 12.8 Å². The first-order chi connectivity index (χ1) is 8.12. The molecule has 1 rings (SSSR count). The smallest absolute Gasteiger partial charge is 0.405 e. The van der Waals surface area contributed by atoms with Crippen LogP contribution in [0.5, 0.6) is 0 Å². The number of hydrogen-bond acceptors (Lipinski definition) is 4. The third kappa shape index (κ3) is 5.33. The lowest BCUT2D eigenvalue weighted by Gasteiger charge is -2.26. The lowest BCUT2D eigenvalue weighted by atomic mass is 10.0. The molecule has 0 aromatic rings. The van der Waals surface area contributed by atoms with Crippen LogP contribution in [-0.4, -0.2) is 40.6 Å². The van der Waals surface area contributed by atoms with Crippen LogP contribution in [0.1, 0.15) is 47.5 Å². The van der Waals surface area contributed by atoms with Gasteiger partial charge in [-0.2, -0.15) is 0 Å². The van der Waals surface area contributed by atoms with Crippen molar-refractivity contribution in [2.45, 2.75) is 63.3 Å². The molecule has 19 heavy (non-hydrogen) atoms. The highest BCUT2D eigenvalue weighted by molar-refractivity contribution is 7.91. The molecule has 0 aliphatic heterocycles. The number of rotatable bonds is 2. The van der Waals surface area contributed by atoms with Gasteiger partial charge < -0.3 is 15.5 Å². The van der Waals surface area contributed by atoms with E-state index in [4.69, 9.17) is 10.2 Å². The standard InChI is InChI=1S/C6H13NO3S.C5H11NO2/c1-5(2,8)6(3-4-6)11(7,9)10;1-5(2,3)6-4(7)8/h8H,3-4H2,1-2H3,(H2,7,9,10);6H,1-3H3,(H,7,8). The number of aliphatic hydroxyl groups is 1. The molecule has 1 aliphatic rings. The van der Waals surface area contributed by atoms with E-state index in [0.717, 1.165) is 0 Å². The minimum absolute atomic E-state index is 0.328. The lowest BCUT2D eigenvalue weighted by molar-refractivity contribution is 0.0668. The Labute approximate surface area is 114 Å². The molecule has 0 aromatic carbocycles. The fraction of sp³-hybridized carbons (Fsp3) is 0.909. The zero-order valence-corrected chi connectivity index (χ0v) is 12.8. The van der Waals surface area contributed by atoms with E-state index < -0.39 is 26.5 Å². The van der Waals surface area contributed by atoms with Crippen molar-refractivity contribution in [1.29, 1.82) is 0 Å². The maximum Gasteiger partial charge on any atom is 0.405 e. The van der Waals surface area contributed by atoms with Gasteiger partial charge in [0.25, 0.3) is 0 Å². The molecule has 1 aliphatic carbocycles. The summed E-state index contributed by atoms with van der Waals surface area (Å²) in [5.74, 6) is 0. The van der Waals surface area contributed by atoms with Crippen LogP contribution in [0.2, 0.25) is 0 Å². The van der Waals surface area contributed by atoms with Gasteiger partial charge in [-0.15, -0.1) is 0 Å². The Kier molecular flexibility index (Phi) is 5.02. The van der Waals surface area contributed by atoms with Crippen molar-refractivity contribution in [1.82, 2.24) is 5.32 Å². The van der Waals surface area contributed by atoms with Crippen molar-refractivity contribution in [3.63, 3.8) is 0 Å². The number of sulfonamides is 1. The zero-order valence-electron chi connectivity index (χ0n) is 12.0. The molecule has 5 N–H and O–H groups in total. The highest BCUT2D eigenvalue weighted by Gasteiger charge is 2.62. The fourth-order valence-electron chi connectivity index (χ4n) is 1.68. The van der Waals surface area contributed by atoms with Gasteiger partial charge in [-0.25, -0.2) is 18.4 Å². The average Bonchev–Trinajstić information content (AvgIpc) is 2.72. The topological polar surface area (TPSA) is 130 Å². The highest BCUT2D eigenvalue weighted by Crippen LogP contribution is 2.50. The van der Waals surface area contributed by atoms with Gasteiger partial charge in [0.1, 0.15) is 4.75 Å². The number of carboxylic acid groups (broad SMARTS) is 1. The summed E-state index contributed by atoms with van der Waals surface area (Å²) in [7, 11) is -3.60. The van der Waals surface area contributed by atoms with Crippen molar-refractivity contribution in [3.05, 3.63) is 0 Å². The van der Waals surface area contributed by atoms with E-state index in [2.05, 4.69) is 5.32 Å². The van der Waals surface area contributed by atoms with E-state index >= 15 is 0 Å². The Balaban J connectivity index is 0.000000362. The number of hydrogen-bond donors (Lipinski definition) is 4. The quantitative estimate of drug-likeness (QED) is 0.594. The molecule has 8 heteroatoms. The lowest BCUT2D eigenvalue weighted by Crippen LogP contribution is -2.47. The Morgan fingerprint density at radius 3 is 1.58 bits per heavy atom. The molecular weight excluding hydrogens is 272 g/mol. The number of nitrogens with two attached hydrogens (primary N) is 1. The number of primary sulfonamides is 1. The van der Waals surface area contributed by atoms with Crippen molar-refractivity contribution >= 4 is 16.1 Å². The third-order valence-corrected chi connectivity index (χ3v) is 4.84. The van der Waals surface area contributed by atoms with Gasteiger partial charge in [0.15, 0.2) is 0 Å². The van der Waals surface area contributed by atoms with Crippen LogP contribution in [0.25, 0.3) is 0 Å². The fourth-order valence-corrected chi connectivity index (χ4v) is 3.05. The second kappa shape index (κ2) is 5.26. The average molecular weight is 296 g/mol. The van der Waals surface area contributed by atoms with Gasteiger partial charge in [-0.3, -0.25) is 0 Å². The first-order valence-corrected chi connectivity index (χ1v) is 7.43. The second-order valence-electron chi connectivity index (χ2n) is 6.28. The zero-order chi connectivity index (χ0) is 15.7. The normalized spacial score (nSPS) is 18.1. The van der Waals surface area contributed by atoms with Crippen LogP contribution in [0, 0.1) is 0 Å². The van der Waals surface area contributed by atoms with Crippen LogP contribution in [0.15, 0.2) is 0 Å². The molecule has 114 valence electrons. The number of nitrogens with one attached hydrogen (secondary N) is 1. The molecular formula is C11H24N2O5S. The molecule has 0 atom stereocenters. The van der Waals surface area contributed by atoms with Gasteiger partial charge >= 0.3 is 6.09 Å². The SMILES string of the molecule is CC(C)(C)NC(=O)O.CC(C)(O)C1(S(N)(=O)=O)CC1. The van der Waals surface area contributed by atoms with Crippen LogP contribution >= 0.6 is 0 Å². The van der Waals surface area contributed by atoms with E-state index in [1.54, 1.807) is 20.8 Å². The van der Waals surface area contributed by atoms with Crippen LogP contribution in [0.3, 0.4) is 0 Å². The van der Waals surface area contributed by atoms with Crippen molar-refractivity contribution in [2.24, 2.45) is 5.14 Å². The van der Waals surface area contributed by atoms with Crippen molar-refractivity contribution < 1.29 is 23.4 Å². The molecule has 0 spiro atoms. The van der Waals surface area contributed by atoms with Crippen LogP contribution in [0.4, 0.5) is 4.79 Å². The van der Waals surface area contributed by atoms with E-state index in [9.17, 15) is 18.3 Å². The Bertz CT molecular complexity index is 427. The molecule has 0 radical (unpaired) electrons. The summed E-state index contributed by atoms with van der Waals surface area (Å²) in [6, 6.07) is 0. The number of amides is 1. The predicted molar refractivity (Wildman–Crippen MR) is 72.3 cm³/mol. The summed E-state index contributed by atoms with van der Waals surface area (Å²) in [6.45, 7) is 8.33. The molecule has 0 saturated heterocycles. The molecule has 1 saturated carbocycles. The molecule has 1 fully saturated rings. The third-order valence-electron chi connectivity index (χ3n) is 2.85. The van der Waals surface area contributed by atoms with E-state index in [1.807, 2.05) is 0 Å². The minimum atomic E-state index is -3.60. The Morgan fingerprint density at radius 1 is 1.21 bits per heavy atom. The summed E-state index contributed by atoms with van der Waals surface area (Å²) in [6.07, 6.45) is -0.0394. The number of carbonyl (C=O) groups is 1. The van der Waals surface area contributed by atoms with Crippen molar-refractivity contribution in [2.75, 3.05) is 0 Å². The Hall–Kier alpha value is -0.860. The predicted octanol–water partition coefficient (Wildman–Crippen LogP) is 0.631. The van der Waals surface area contributed by atoms with Gasteiger partial charge in [0.05, 0.1) is 5.60 Å². The summed E-state index contributed by atoms with van der Waals surface area (Å²) >= 11 is 0. The summed E-state index contributed by atoms with van der Waals surface area (Å²) in [5, 5.41) is 24.9. The van der Waals surface area contributed by atoms with Gasteiger partial charge in [0, 0.05) is 5.54 Å². The first kappa shape index (κ1) is 18.1. The Morgan fingerprint density at radius 2 is 1.58 bits per heavy atom. The molecule has 0 heterocycles. The maximum absolute atomic E-state index is 11.0. The highest BCUT2D eigenvalue weighted by atomic mass is 32.2. The second-order valence-corrected chi connectivity index (χ2v) is 8.15.